The van der Waals surface area contributed by atoms with E-state index in [1.165, 1.54) is 18.0 Å². The fraction of sp³-hybridized carbons (Fsp3) is 0.500. The molecule has 2 N–H and O–H groups in total. The molecule has 1 amide bonds. The molecule has 0 aliphatic rings. The van der Waals surface area contributed by atoms with Crippen molar-refractivity contribution in [1.82, 2.24) is 15.3 Å². The fourth-order valence-corrected chi connectivity index (χ4v) is 1.65. The number of aliphatic hydroxyl groups is 1. The molecule has 0 atom stereocenters. The van der Waals surface area contributed by atoms with Gasteiger partial charge in [0.2, 0.25) is 0 Å². The maximum atomic E-state index is 11.7. The normalized spacial score (nSPS) is 10.3. The van der Waals surface area contributed by atoms with Crippen molar-refractivity contribution in [2.45, 2.75) is 18.0 Å². The quantitative estimate of drug-likeness (QED) is 0.466. The Morgan fingerprint density at radius 2 is 2.35 bits per heavy atom. The molecule has 0 unspecified atom stereocenters. The average molecular weight is 276 g/mol. The van der Waals surface area contributed by atoms with Crippen LogP contribution in [0.15, 0.2) is 11.4 Å². The van der Waals surface area contributed by atoms with Crippen LogP contribution in [0, 0.1) is 0 Å². The second-order valence-electron chi connectivity index (χ2n) is 3.24. The van der Waals surface area contributed by atoms with Crippen molar-refractivity contribution in [3.8, 4) is 0 Å². The van der Waals surface area contributed by atoms with Crippen LogP contribution in [-0.4, -0.2) is 40.4 Å². The van der Waals surface area contributed by atoms with E-state index >= 15 is 0 Å². The summed E-state index contributed by atoms with van der Waals surface area (Å²) in [6.45, 7) is 0.620. The number of nitrogens with zero attached hydrogens (tertiary/aromatic N) is 2. The maximum absolute atomic E-state index is 11.7. The Balaban J connectivity index is 2.61. The first-order valence-electron chi connectivity index (χ1n) is 5.14. The van der Waals surface area contributed by atoms with Gasteiger partial charge in [0.25, 0.3) is 5.91 Å². The van der Waals surface area contributed by atoms with Gasteiger partial charge in [-0.2, -0.15) is 0 Å². The van der Waals surface area contributed by atoms with Gasteiger partial charge < -0.3 is 10.4 Å². The van der Waals surface area contributed by atoms with E-state index < -0.39 is 0 Å². The van der Waals surface area contributed by atoms with Gasteiger partial charge in [0.05, 0.1) is 11.2 Å². The van der Waals surface area contributed by atoms with Gasteiger partial charge in [0.1, 0.15) is 0 Å². The van der Waals surface area contributed by atoms with Crippen molar-refractivity contribution in [2.24, 2.45) is 0 Å². The molecule has 0 aliphatic carbocycles. The molecule has 17 heavy (non-hydrogen) atoms. The molecule has 7 heteroatoms. The number of carbonyl (C=O) groups excluding carboxylic acids is 1. The van der Waals surface area contributed by atoms with Crippen LogP contribution in [-0.2, 0) is 0 Å². The van der Waals surface area contributed by atoms with Crippen molar-refractivity contribution in [1.29, 1.82) is 0 Å². The Bertz CT molecular complexity index is 390. The fourth-order valence-electron chi connectivity index (χ4n) is 1.13. The van der Waals surface area contributed by atoms with Gasteiger partial charge in [-0.1, -0.05) is 23.4 Å². The zero-order valence-corrected chi connectivity index (χ0v) is 11.0. The number of halogens is 1. The maximum Gasteiger partial charge on any atom is 0.271 e. The van der Waals surface area contributed by atoms with Crippen molar-refractivity contribution in [2.75, 3.05) is 19.4 Å². The molecule has 1 aromatic heterocycles. The van der Waals surface area contributed by atoms with Gasteiger partial charge in [0, 0.05) is 13.2 Å². The lowest BCUT2D eigenvalue weighted by atomic mass is 10.3. The van der Waals surface area contributed by atoms with E-state index in [1.807, 2.05) is 6.26 Å². The summed E-state index contributed by atoms with van der Waals surface area (Å²) in [4.78, 5) is 19.7. The summed E-state index contributed by atoms with van der Waals surface area (Å²) in [7, 11) is 0. The summed E-state index contributed by atoms with van der Waals surface area (Å²) in [5.74, 6) is -0.314. The predicted octanol–water partition coefficient (Wildman–Crippen LogP) is 1.35. The molecular formula is C10H14ClN3O2S. The van der Waals surface area contributed by atoms with Gasteiger partial charge in [-0.3, -0.25) is 4.79 Å². The lowest BCUT2D eigenvalue weighted by Gasteiger charge is -2.06. The zero-order chi connectivity index (χ0) is 12.7. The minimum atomic E-state index is -0.314. The summed E-state index contributed by atoms with van der Waals surface area (Å²) >= 11 is 7.20. The molecule has 0 saturated carbocycles. The van der Waals surface area contributed by atoms with E-state index in [4.69, 9.17) is 16.7 Å². The lowest BCUT2D eigenvalue weighted by molar-refractivity contribution is 0.0946. The minimum Gasteiger partial charge on any atom is -0.396 e. The van der Waals surface area contributed by atoms with Crippen molar-refractivity contribution in [3.63, 3.8) is 0 Å². The average Bonchev–Trinajstić information content (AvgIpc) is 2.35. The van der Waals surface area contributed by atoms with Crippen molar-refractivity contribution in [3.05, 3.63) is 16.9 Å². The van der Waals surface area contributed by atoms with Crippen LogP contribution in [0.5, 0.6) is 0 Å². The summed E-state index contributed by atoms with van der Waals surface area (Å²) in [5, 5.41) is 12.0. The molecule has 0 aliphatic heterocycles. The first kappa shape index (κ1) is 14.2. The summed E-state index contributed by atoms with van der Waals surface area (Å²) in [6.07, 6.45) is 4.63. The second-order valence-corrected chi connectivity index (χ2v) is 4.42. The lowest BCUT2D eigenvalue weighted by Crippen LogP contribution is -2.26. The Labute approximate surface area is 109 Å². The Morgan fingerprint density at radius 1 is 1.59 bits per heavy atom. The highest BCUT2D eigenvalue weighted by Crippen LogP contribution is 2.16. The highest BCUT2D eigenvalue weighted by molar-refractivity contribution is 7.98. The summed E-state index contributed by atoms with van der Waals surface area (Å²) in [5.41, 5.74) is 0.190. The minimum absolute atomic E-state index is 0.126. The molecule has 1 aromatic rings. The number of unbranched alkanes of at least 4 members (excludes halogenated alkanes) is 1. The predicted molar refractivity (Wildman–Crippen MR) is 67.5 cm³/mol. The van der Waals surface area contributed by atoms with Gasteiger partial charge in [-0.15, -0.1) is 0 Å². The molecular weight excluding hydrogens is 262 g/mol. The summed E-state index contributed by atoms with van der Waals surface area (Å²) in [6, 6.07) is 0. The van der Waals surface area contributed by atoms with Crippen molar-refractivity contribution >= 4 is 29.3 Å². The third kappa shape index (κ3) is 4.49. The number of hydrogen-bond acceptors (Lipinski definition) is 5. The zero-order valence-electron chi connectivity index (χ0n) is 9.44. The number of rotatable bonds is 6. The number of aromatic nitrogens is 2. The number of aliphatic hydroxyl groups excluding tert-OH is 1. The van der Waals surface area contributed by atoms with E-state index in [2.05, 4.69) is 15.3 Å². The largest absolute Gasteiger partial charge is 0.396 e. The van der Waals surface area contributed by atoms with Crippen LogP contribution in [0.3, 0.4) is 0 Å². The number of amides is 1. The van der Waals surface area contributed by atoms with E-state index in [9.17, 15) is 4.79 Å². The molecule has 0 aromatic carbocycles. The topological polar surface area (TPSA) is 75.1 Å². The summed E-state index contributed by atoms with van der Waals surface area (Å²) < 4.78 is 0. The monoisotopic (exact) mass is 275 g/mol. The second kappa shape index (κ2) is 7.47. The Hall–Kier alpha value is -0.850. The number of hydrogen-bond donors (Lipinski definition) is 2. The van der Waals surface area contributed by atoms with E-state index in [1.54, 1.807) is 0 Å². The highest BCUT2D eigenvalue weighted by atomic mass is 35.5. The smallest absolute Gasteiger partial charge is 0.271 e. The van der Waals surface area contributed by atoms with Gasteiger partial charge in [-0.05, 0) is 19.1 Å². The van der Waals surface area contributed by atoms with Crippen molar-refractivity contribution < 1.29 is 9.90 Å². The van der Waals surface area contributed by atoms with Crippen LogP contribution in [0.1, 0.15) is 23.3 Å². The molecule has 0 fully saturated rings. The van der Waals surface area contributed by atoms with Gasteiger partial charge >= 0.3 is 0 Å². The van der Waals surface area contributed by atoms with Crippen LogP contribution in [0.4, 0.5) is 0 Å². The molecule has 0 spiro atoms. The van der Waals surface area contributed by atoms with Gasteiger partial charge in [0.15, 0.2) is 10.9 Å². The SMILES string of the molecule is CSc1ncc(Cl)c(C(=O)NCCCCO)n1. The molecule has 0 saturated heterocycles. The van der Waals surface area contributed by atoms with E-state index in [0.29, 0.717) is 18.1 Å². The number of carbonyl (C=O) groups is 1. The molecule has 0 bridgehead atoms. The first-order chi connectivity index (χ1) is 8.19. The number of thioether (sulfide) groups is 1. The van der Waals surface area contributed by atoms with Crippen LogP contribution < -0.4 is 5.32 Å². The molecule has 94 valence electrons. The first-order valence-corrected chi connectivity index (χ1v) is 6.75. The standard InChI is InChI=1S/C10H14ClN3O2S/c1-17-10-13-6-7(11)8(14-10)9(16)12-4-2-3-5-15/h6,15H,2-5H2,1H3,(H,12,16). The highest BCUT2D eigenvalue weighted by Gasteiger charge is 2.13. The van der Waals surface area contributed by atoms with Crippen LogP contribution in [0.2, 0.25) is 5.02 Å². The Morgan fingerprint density at radius 3 is 3.00 bits per heavy atom. The number of nitrogens with one attached hydrogen (secondary N) is 1. The molecule has 1 heterocycles. The van der Waals surface area contributed by atoms with Gasteiger partial charge in [-0.25, -0.2) is 9.97 Å². The third-order valence-corrected chi connectivity index (χ3v) is 2.83. The third-order valence-electron chi connectivity index (χ3n) is 1.99. The molecule has 0 radical (unpaired) electrons. The van der Waals surface area contributed by atoms with Crippen LogP contribution in [0.25, 0.3) is 0 Å². The molecule has 1 rings (SSSR count). The van der Waals surface area contributed by atoms with Crippen LogP contribution >= 0.6 is 23.4 Å². The van der Waals surface area contributed by atoms with E-state index in [-0.39, 0.29) is 23.2 Å². The Kier molecular flexibility index (Phi) is 6.25. The molecule has 5 nitrogen and oxygen atoms in total. The van der Waals surface area contributed by atoms with E-state index in [0.717, 1.165) is 6.42 Å².